The fraction of sp³-hybridized carbons (Fsp3) is 0.667. The summed E-state index contributed by atoms with van der Waals surface area (Å²) in [7, 11) is 1.93. The van der Waals surface area contributed by atoms with Crippen molar-refractivity contribution in [3.63, 3.8) is 0 Å². The topological polar surface area (TPSA) is 39.6 Å². The molecule has 3 rings (SSSR count). The first kappa shape index (κ1) is 8.88. The van der Waals surface area contributed by atoms with Crippen molar-refractivity contribution in [2.75, 3.05) is 6.61 Å². The SMILES string of the molecule is Cn1ncc(Br)c1[C@@]12CCCO[C@@H]1O2. The van der Waals surface area contributed by atoms with Crippen molar-refractivity contribution in [2.24, 2.45) is 7.05 Å². The average Bonchev–Trinajstić information content (AvgIpc) is 2.81. The summed E-state index contributed by atoms with van der Waals surface area (Å²) in [5.74, 6) is 0. The van der Waals surface area contributed by atoms with Crippen LogP contribution in [0.15, 0.2) is 10.7 Å². The van der Waals surface area contributed by atoms with Gasteiger partial charge in [0.1, 0.15) is 0 Å². The Morgan fingerprint density at radius 3 is 3.21 bits per heavy atom. The van der Waals surface area contributed by atoms with Crippen LogP contribution < -0.4 is 0 Å². The molecule has 4 nitrogen and oxygen atoms in total. The van der Waals surface area contributed by atoms with E-state index in [1.54, 1.807) is 6.20 Å². The maximum atomic E-state index is 5.66. The van der Waals surface area contributed by atoms with Crippen molar-refractivity contribution >= 4 is 15.9 Å². The Kier molecular flexibility index (Phi) is 1.78. The molecule has 2 aliphatic rings. The maximum absolute atomic E-state index is 5.66. The molecular weight excluding hydrogens is 248 g/mol. The zero-order valence-corrected chi connectivity index (χ0v) is 9.45. The fourth-order valence-corrected chi connectivity index (χ4v) is 2.88. The molecule has 3 heterocycles. The van der Waals surface area contributed by atoms with Gasteiger partial charge in [-0.25, -0.2) is 0 Å². The van der Waals surface area contributed by atoms with E-state index in [9.17, 15) is 0 Å². The number of fused-ring (bicyclic) bond motifs is 1. The second kappa shape index (κ2) is 2.81. The third kappa shape index (κ3) is 1.03. The van der Waals surface area contributed by atoms with Crippen LogP contribution in [0.25, 0.3) is 0 Å². The number of aryl methyl sites for hydroxylation is 1. The van der Waals surface area contributed by atoms with Gasteiger partial charge in [0.2, 0.25) is 0 Å². The molecule has 14 heavy (non-hydrogen) atoms. The van der Waals surface area contributed by atoms with Crippen molar-refractivity contribution in [3.05, 3.63) is 16.4 Å². The van der Waals surface area contributed by atoms with Crippen LogP contribution in [-0.2, 0) is 22.1 Å². The van der Waals surface area contributed by atoms with Crippen LogP contribution in [0.4, 0.5) is 0 Å². The van der Waals surface area contributed by atoms with Crippen LogP contribution in [0, 0.1) is 0 Å². The molecule has 0 unspecified atom stereocenters. The van der Waals surface area contributed by atoms with Crippen LogP contribution in [0.2, 0.25) is 0 Å². The van der Waals surface area contributed by atoms with E-state index in [0.29, 0.717) is 0 Å². The van der Waals surface area contributed by atoms with E-state index < -0.39 is 0 Å². The second-order valence-corrected chi connectivity index (χ2v) is 4.63. The Labute approximate surface area is 90.3 Å². The number of rotatable bonds is 1. The minimum absolute atomic E-state index is 0.0528. The molecule has 2 saturated heterocycles. The molecule has 5 heteroatoms. The molecule has 0 N–H and O–H groups in total. The van der Waals surface area contributed by atoms with Crippen LogP contribution >= 0.6 is 15.9 Å². The third-order valence-corrected chi connectivity index (χ3v) is 3.48. The van der Waals surface area contributed by atoms with Crippen molar-refractivity contribution in [1.29, 1.82) is 0 Å². The number of epoxide rings is 1. The first-order valence-electron chi connectivity index (χ1n) is 4.71. The summed E-state index contributed by atoms with van der Waals surface area (Å²) >= 11 is 3.50. The number of aromatic nitrogens is 2. The minimum atomic E-state index is -0.220. The summed E-state index contributed by atoms with van der Waals surface area (Å²) in [6, 6.07) is 0. The van der Waals surface area contributed by atoms with E-state index >= 15 is 0 Å². The van der Waals surface area contributed by atoms with Crippen LogP contribution in [0.5, 0.6) is 0 Å². The molecule has 0 bridgehead atoms. The van der Waals surface area contributed by atoms with Crippen LogP contribution in [0.3, 0.4) is 0 Å². The Balaban J connectivity index is 2.03. The molecule has 0 aliphatic carbocycles. The van der Waals surface area contributed by atoms with Gasteiger partial charge in [0.25, 0.3) is 0 Å². The predicted octanol–water partition coefficient (Wildman–Crippen LogP) is 1.54. The zero-order valence-electron chi connectivity index (χ0n) is 7.86. The van der Waals surface area contributed by atoms with E-state index in [-0.39, 0.29) is 11.9 Å². The standard InChI is InChI=1S/C9H11BrN2O2/c1-12-7(6(10)5-11-12)9-3-2-4-13-8(9)14-9/h5,8H,2-4H2,1H3/t8-,9+/m1/s1. The van der Waals surface area contributed by atoms with Crippen LogP contribution in [0.1, 0.15) is 18.5 Å². The van der Waals surface area contributed by atoms with Gasteiger partial charge >= 0.3 is 0 Å². The molecule has 1 aromatic heterocycles. The highest BCUT2D eigenvalue weighted by Gasteiger charge is 2.62. The first-order chi connectivity index (χ1) is 6.74. The highest BCUT2D eigenvalue weighted by atomic mass is 79.9. The van der Waals surface area contributed by atoms with Gasteiger partial charge in [-0.1, -0.05) is 0 Å². The molecule has 2 atom stereocenters. The summed E-state index contributed by atoms with van der Waals surface area (Å²) in [6.45, 7) is 0.807. The second-order valence-electron chi connectivity index (χ2n) is 3.78. The van der Waals surface area contributed by atoms with Gasteiger partial charge < -0.3 is 9.47 Å². The van der Waals surface area contributed by atoms with Crippen LogP contribution in [-0.4, -0.2) is 22.7 Å². The number of ether oxygens (including phenoxy) is 2. The quantitative estimate of drug-likeness (QED) is 0.718. The van der Waals surface area contributed by atoms with E-state index in [2.05, 4.69) is 21.0 Å². The van der Waals surface area contributed by atoms with Gasteiger partial charge in [-0.2, -0.15) is 5.10 Å². The predicted molar refractivity (Wildman–Crippen MR) is 52.6 cm³/mol. The summed E-state index contributed by atoms with van der Waals surface area (Å²) < 4.78 is 14.0. The average molecular weight is 259 g/mol. The number of halogens is 1. The van der Waals surface area contributed by atoms with Gasteiger partial charge in [-0.3, -0.25) is 4.68 Å². The highest BCUT2D eigenvalue weighted by Crippen LogP contribution is 2.54. The summed E-state index contributed by atoms with van der Waals surface area (Å²) in [5, 5.41) is 4.20. The minimum Gasteiger partial charge on any atom is -0.349 e. The van der Waals surface area contributed by atoms with E-state index in [1.165, 1.54) is 0 Å². The van der Waals surface area contributed by atoms with Gasteiger partial charge in [0.05, 0.1) is 23.0 Å². The number of hydrogen-bond acceptors (Lipinski definition) is 3. The van der Waals surface area contributed by atoms with Crippen molar-refractivity contribution in [3.8, 4) is 0 Å². The fourth-order valence-electron chi connectivity index (χ4n) is 2.20. The number of hydrogen-bond donors (Lipinski definition) is 0. The molecule has 0 spiro atoms. The summed E-state index contributed by atoms with van der Waals surface area (Å²) in [6.07, 6.45) is 3.82. The zero-order chi connectivity index (χ0) is 9.76. The molecular formula is C9H11BrN2O2. The lowest BCUT2D eigenvalue weighted by molar-refractivity contribution is 0.0415. The Morgan fingerprint density at radius 1 is 1.71 bits per heavy atom. The normalized spacial score (nSPS) is 35.4. The smallest absolute Gasteiger partial charge is 0.193 e. The third-order valence-electron chi connectivity index (χ3n) is 2.90. The lowest BCUT2D eigenvalue weighted by atomic mass is 9.97. The summed E-state index contributed by atoms with van der Waals surface area (Å²) in [5.41, 5.74) is 0.879. The molecule has 0 amide bonds. The molecule has 0 radical (unpaired) electrons. The van der Waals surface area contributed by atoms with Gasteiger partial charge in [-0.15, -0.1) is 0 Å². The van der Waals surface area contributed by atoms with E-state index in [4.69, 9.17) is 9.47 Å². The first-order valence-corrected chi connectivity index (χ1v) is 5.51. The Hall–Kier alpha value is -0.390. The van der Waals surface area contributed by atoms with Crippen molar-refractivity contribution in [2.45, 2.75) is 24.7 Å². The molecule has 0 saturated carbocycles. The molecule has 1 aromatic rings. The maximum Gasteiger partial charge on any atom is 0.193 e. The lowest BCUT2D eigenvalue weighted by Crippen LogP contribution is -2.24. The monoisotopic (exact) mass is 258 g/mol. The van der Waals surface area contributed by atoms with Gasteiger partial charge in [0.15, 0.2) is 11.9 Å². The van der Waals surface area contributed by atoms with Gasteiger partial charge in [0, 0.05) is 7.05 Å². The molecule has 2 fully saturated rings. The largest absolute Gasteiger partial charge is 0.349 e. The highest BCUT2D eigenvalue weighted by molar-refractivity contribution is 9.10. The van der Waals surface area contributed by atoms with Gasteiger partial charge in [-0.05, 0) is 28.8 Å². The number of nitrogens with zero attached hydrogens (tertiary/aromatic N) is 2. The summed E-state index contributed by atoms with van der Waals surface area (Å²) in [4.78, 5) is 0. The van der Waals surface area contributed by atoms with Crippen molar-refractivity contribution < 1.29 is 9.47 Å². The lowest BCUT2D eigenvalue weighted by Gasteiger charge is -2.17. The Bertz CT molecular complexity index is 359. The van der Waals surface area contributed by atoms with E-state index in [0.717, 1.165) is 29.6 Å². The molecule has 2 aliphatic heterocycles. The molecule has 76 valence electrons. The Morgan fingerprint density at radius 2 is 2.57 bits per heavy atom. The van der Waals surface area contributed by atoms with E-state index in [1.807, 2.05) is 11.7 Å². The van der Waals surface area contributed by atoms with Crippen molar-refractivity contribution in [1.82, 2.24) is 9.78 Å². The molecule has 0 aromatic carbocycles.